The summed E-state index contributed by atoms with van der Waals surface area (Å²) in [5.41, 5.74) is 0. The second-order valence-electron chi connectivity index (χ2n) is 4.16. The predicted octanol–water partition coefficient (Wildman–Crippen LogP) is 0.784. The van der Waals surface area contributed by atoms with Crippen LogP contribution < -0.4 is 5.32 Å². The third-order valence-corrected chi connectivity index (χ3v) is 6.21. The smallest absolute Gasteiger partial charge is 0.317 e. The summed E-state index contributed by atoms with van der Waals surface area (Å²) in [6.45, 7) is 3.98. The number of hydrogen-bond acceptors (Lipinski definition) is 4. The molecule has 8 heteroatoms. The molecule has 0 saturated carbocycles. The van der Waals surface area contributed by atoms with E-state index in [0.717, 1.165) is 0 Å². The topological polar surface area (TPSA) is 69.7 Å². The fourth-order valence-electron chi connectivity index (χ4n) is 1.93. The van der Waals surface area contributed by atoms with Crippen molar-refractivity contribution >= 4 is 27.4 Å². The molecule has 1 saturated heterocycles. The summed E-state index contributed by atoms with van der Waals surface area (Å²) in [5.74, 6) is 0. The molecule has 1 aliphatic rings. The highest BCUT2D eigenvalue weighted by Gasteiger charge is 2.30. The number of sulfonamides is 1. The number of nitrogens with one attached hydrogen (secondary N) is 1. The summed E-state index contributed by atoms with van der Waals surface area (Å²) < 4.78 is 26.3. The summed E-state index contributed by atoms with van der Waals surface area (Å²) in [4.78, 5) is 13.3. The van der Waals surface area contributed by atoms with E-state index < -0.39 is 10.0 Å². The van der Waals surface area contributed by atoms with Crippen molar-refractivity contribution in [2.45, 2.75) is 11.1 Å². The highest BCUT2D eigenvalue weighted by Crippen LogP contribution is 2.21. The Morgan fingerprint density at radius 3 is 2.58 bits per heavy atom. The number of amides is 2. The largest absolute Gasteiger partial charge is 0.338 e. The van der Waals surface area contributed by atoms with Gasteiger partial charge in [0.2, 0.25) is 0 Å². The van der Waals surface area contributed by atoms with Crippen molar-refractivity contribution in [1.29, 1.82) is 0 Å². The second kappa shape index (κ2) is 5.89. The van der Waals surface area contributed by atoms with Gasteiger partial charge >= 0.3 is 6.03 Å². The van der Waals surface area contributed by atoms with Crippen molar-refractivity contribution in [1.82, 2.24) is 14.5 Å². The molecule has 106 valence electrons. The number of carbonyl (C=O) groups excluding carboxylic acids is 1. The van der Waals surface area contributed by atoms with Crippen LogP contribution in [0.3, 0.4) is 0 Å². The Morgan fingerprint density at radius 2 is 2.05 bits per heavy atom. The van der Waals surface area contributed by atoms with Gasteiger partial charge in [0.05, 0.1) is 0 Å². The summed E-state index contributed by atoms with van der Waals surface area (Å²) in [6, 6.07) is 3.20. The van der Waals surface area contributed by atoms with Gasteiger partial charge in [0, 0.05) is 32.7 Å². The molecule has 0 bridgehead atoms. The molecule has 1 N–H and O–H groups in total. The normalized spacial score (nSPS) is 17.4. The molecule has 1 aromatic rings. The minimum atomic E-state index is -3.39. The van der Waals surface area contributed by atoms with Gasteiger partial charge in [-0.15, -0.1) is 11.3 Å². The fraction of sp³-hybridized carbons (Fsp3) is 0.545. The van der Waals surface area contributed by atoms with Gasteiger partial charge < -0.3 is 10.2 Å². The van der Waals surface area contributed by atoms with E-state index in [1.54, 1.807) is 22.4 Å². The van der Waals surface area contributed by atoms with E-state index in [9.17, 15) is 13.2 Å². The first kappa shape index (κ1) is 14.3. The van der Waals surface area contributed by atoms with Crippen LogP contribution >= 0.6 is 11.3 Å². The van der Waals surface area contributed by atoms with Gasteiger partial charge in [-0.3, -0.25) is 0 Å². The Bertz CT molecular complexity index is 519. The van der Waals surface area contributed by atoms with Gasteiger partial charge in [-0.05, 0) is 18.4 Å². The molecule has 0 aromatic carbocycles. The number of thiophene rings is 1. The predicted molar refractivity (Wildman–Crippen MR) is 73.7 cm³/mol. The van der Waals surface area contributed by atoms with Gasteiger partial charge in [0.1, 0.15) is 4.21 Å². The lowest BCUT2D eigenvalue weighted by Crippen LogP contribution is -2.52. The van der Waals surface area contributed by atoms with E-state index in [-0.39, 0.29) is 6.03 Å². The Balaban J connectivity index is 1.99. The highest BCUT2D eigenvalue weighted by molar-refractivity contribution is 7.91. The van der Waals surface area contributed by atoms with Gasteiger partial charge in [0.15, 0.2) is 0 Å². The molecule has 19 heavy (non-hydrogen) atoms. The highest BCUT2D eigenvalue weighted by atomic mass is 32.2. The Labute approximate surface area is 117 Å². The Hall–Kier alpha value is -1.12. The zero-order valence-corrected chi connectivity index (χ0v) is 12.3. The van der Waals surface area contributed by atoms with Crippen molar-refractivity contribution in [3.8, 4) is 0 Å². The van der Waals surface area contributed by atoms with Crippen molar-refractivity contribution in [3.05, 3.63) is 17.5 Å². The molecule has 0 radical (unpaired) electrons. The first-order chi connectivity index (χ1) is 9.05. The van der Waals surface area contributed by atoms with Gasteiger partial charge in [-0.1, -0.05) is 6.07 Å². The fourth-order valence-corrected chi connectivity index (χ4v) is 4.50. The lowest BCUT2D eigenvalue weighted by molar-refractivity contribution is 0.173. The number of nitrogens with zero attached hydrogens (tertiary/aromatic N) is 2. The van der Waals surface area contributed by atoms with Gasteiger partial charge in [-0.25, -0.2) is 13.2 Å². The maximum Gasteiger partial charge on any atom is 0.317 e. The minimum Gasteiger partial charge on any atom is -0.338 e. The molecule has 6 nitrogen and oxygen atoms in total. The molecular formula is C11H17N3O3S2. The Morgan fingerprint density at radius 1 is 1.37 bits per heavy atom. The first-order valence-corrected chi connectivity index (χ1v) is 8.44. The molecule has 2 amide bonds. The maximum atomic E-state index is 12.3. The number of carbonyl (C=O) groups is 1. The van der Waals surface area contributed by atoms with Crippen LogP contribution in [0.1, 0.15) is 6.92 Å². The van der Waals surface area contributed by atoms with Crippen LogP contribution in [0.5, 0.6) is 0 Å². The standard InChI is InChI=1S/C11H17N3O3S2/c1-2-12-11(15)13-5-7-14(8-6-13)19(16,17)10-4-3-9-18-10/h3-4,9H,2,5-8H2,1H3,(H,12,15). The molecule has 1 aromatic heterocycles. The third-order valence-electron chi connectivity index (χ3n) is 2.94. The molecule has 1 fully saturated rings. The number of piperazine rings is 1. The number of hydrogen-bond donors (Lipinski definition) is 1. The molecule has 2 heterocycles. The SMILES string of the molecule is CCNC(=O)N1CCN(S(=O)(=O)c2cccs2)CC1. The maximum absolute atomic E-state index is 12.3. The molecule has 0 spiro atoms. The van der Waals surface area contributed by atoms with Gasteiger partial charge in [-0.2, -0.15) is 4.31 Å². The second-order valence-corrected chi connectivity index (χ2v) is 7.27. The van der Waals surface area contributed by atoms with E-state index in [1.807, 2.05) is 6.92 Å². The molecule has 1 aliphatic heterocycles. The molecule has 2 rings (SSSR count). The zero-order valence-electron chi connectivity index (χ0n) is 10.7. The summed E-state index contributed by atoms with van der Waals surface area (Å²) in [6.07, 6.45) is 0. The van der Waals surface area contributed by atoms with Crippen LogP contribution in [0.25, 0.3) is 0 Å². The van der Waals surface area contributed by atoms with Crippen LogP contribution in [0, 0.1) is 0 Å². The number of urea groups is 1. The molecular weight excluding hydrogens is 286 g/mol. The first-order valence-electron chi connectivity index (χ1n) is 6.12. The summed E-state index contributed by atoms with van der Waals surface area (Å²) >= 11 is 1.22. The van der Waals surface area contributed by atoms with Crippen LogP contribution in [0.15, 0.2) is 21.7 Å². The minimum absolute atomic E-state index is 0.129. The van der Waals surface area contributed by atoms with Crippen LogP contribution in [0.4, 0.5) is 4.79 Å². The molecule has 0 atom stereocenters. The van der Waals surface area contributed by atoms with E-state index >= 15 is 0 Å². The van der Waals surface area contributed by atoms with Gasteiger partial charge in [0.25, 0.3) is 10.0 Å². The monoisotopic (exact) mass is 303 g/mol. The number of rotatable bonds is 3. The molecule has 0 aliphatic carbocycles. The molecule has 0 unspecified atom stereocenters. The van der Waals surface area contributed by atoms with Crippen LogP contribution in [-0.4, -0.2) is 56.4 Å². The summed E-state index contributed by atoms with van der Waals surface area (Å²) in [7, 11) is -3.39. The average molecular weight is 303 g/mol. The van der Waals surface area contributed by atoms with Crippen molar-refractivity contribution < 1.29 is 13.2 Å². The van der Waals surface area contributed by atoms with E-state index in [4.69, 9.17) is 0 Å². The zero-order chi connectivity index (χ0) is 13.9. The van der Waals surface area contributed by atoms with E-state index in [2.05, 4.69) is 5.32 Å². The average Bonchev–Trinajstić information content (AvgIpc) is 2.94. The lowest BCUT2D eigenvalue weighted by Gasteiger charge is -2.33. The Kier molecular flexibility index (Phi) is 4.43. The lowest BCUT2D eigenvalue weighted by atomic mass is 10.4. The van der Waals surface area contributed by atoms with E-state index in [1.165, 1.54) is 15.6 Å². The third kappa shape index (κ3) is 3.07. The van der Waals surface area contributed by atoms with E-state index in [0.29, 0.717) is 36.9 Å². The quantitative estimate of drug-likeness (QED) is 0.897. The summed E-state index contributed by atoms with van der Waals surface area (Å²) in [5, 5.41) is 4.47. The van der Waals surface area contributed by atoms with Crippen molar-refractivity contribution in [2.24, 2.45) is 0 Å². The van der Waals surface area contributed by atoms with Crippen molar-refractivity contribution in [3.63, 3.8) is 0 Å². The van der Waals surface area contributed by atoms with Crippen molar-refractivity contribution in [2.75, 3.05) is 32.7 Å². The van der Waals surface area contributed by atoms with Crippen LogP contribution in [0.2, 0.25) is 0 Å². The van der Waals surface area contributed by atoms with Crippen LogP contribution in [-0.2, 0) is 10.0 Å².